The number of benzene rings is 1. The molecule has 0 radical (unpaired) electrons. The molecular formula is C13H10Cl2N2O2. The molecule has 0 fully saturated rings. The molecule has 1 aromatic heterocycles. The molecule has 1 aromatic carbocycles. The summed E-state index contributed by atoms with van der Waals surface area (Å²) in [5, 5.41) is 10.8. The van der Waals surface area contributed by atoms with Crippen LogP contribution in [0.5, 0.6) is 5.88 Å². The van der Waals surface area contributed by atoms with Crippen molar-refractivity contribution in [3.05, 3.63) is 44.4 Å². The number of aromatic nitrogens is 2. The van der Waals surface area contributed by atoms with Crippen molar-refractivity contribution in [1.29, 1.82) is 0 Å². The van der Waals surface area contributed by atoms with Gasteiger partial charge in [0.25, 0.3) is 0 Å². The number of halogens is 2. The van der Waals surface area contributed by atoms with E-state index in [9.17, 15) is 9.90 Å². The molecule has 1 N–H and O–H groups in total. The molecule has 0 aliphatic rings. The quantitative estimate of drug-likeness (QED) is 0.866. The Hall–Kier alpha value is -1.83. The van der Waals surface area contributed by atoms with Crippen molar-refractivity contribution in [1.82, 2.24) is 9.13 Å². The molecule has 0 bridgehead atoms. The topological polar surface area (TPSA) is 47.2 Å². The van der Waals surface area contributed by atoms with Crippen molar-refractivity contribution in [3.8, 4) is 23.9 Å². The van der Waals surface area contributed by atoms with Gasteiger partial charge in [-0.15, -0.1) is 6.42 Å². The molecule has 1 heterocycles. The van der Waals surface area contributed by atoms with Crippen LogP contribution in [0.3, 0.4) is 0 Å². The van der Waals surface area contributed by atoms with Crippen LogP contribution in [-0.2, 0) is 6.54 Å². The van der Waals surface area contributed by atoms with E-state index in [-0.39, 0.29) is 12.4 Å². The van der Waals surface area contributed by atoms with Gasteiger partial charge in [-0.25, -0.2) is 9.36 Å². The first-order chi connectivity index (χ1) is 8.95. The van der Waals surface area contributed by atoms with E-state index in [0.717, 1.165) is 4.57 Å². The number of nitrogens with zero attached hydrogens (tertiary/aromatic N) is 2. The summed E-state index contributed by atoms with van der Waals surface area (Å²) in [5.74, 6) is 2.18. The Balaban J connectivity index is 2.73. The van der Waals surface area contributed by atoms with Gasteiger partial charge in [0.05, 0.1) is 17.9 Å². The van der Waals surface area contributed by atoms with Gasteiger partial charge in [0.2, 0.25) is 5.88 Å². The highest BCUT2D eigenvalue weighted by molar-refractivity contribution is 6.34. The first-order valence-corrected chi connectivity index (χ1v) is 6.12. The summed E-state index contributed by atoms with van der Waals surface area (Å²) in [6.07, 6.45) is 5.20. The zero-order valence-electron chi connectivity index (χ0n) is 10.0. The lowest BCUT2D eigenvalue weighted by molar-refractivity contribution is 0.436. The molecule has 0 unspecified atom stereocenters. The number of terminal acetylenes is 1. The van der Waals surface area contributed by atoms with Crippen molar-refractivity contribution in [2.75, 3.05) is 0 Å². The minimum absolute atomic E-state index is 0.0829. The Morgan fingerprint density at radius 1 is 1.32 bits per heavy atom. The van der Waals surface area contributed by atoms with Gasteiger partial charge in [-0.1, -0.05) is 29.1 Å². The Labute approximate surface area is 119 Å². The molecule has 6 heteroatoms. The number of rotatable bonds is 2. The van der Waals surface area contributed by atoms with Gasteiger partial charge < -0.3 is 5.11 Å². The summed E-state index contributed by atoms with van der Waals surface area (Å²) in [4.78, 5) is 12.2. The molecule has 0 amide bonds. The van der Waals surface area contributed by atoms with Gasteiger partial charge in [0, 0.05) is 10.0 Å². The number of aromatic hydroxyl groups is 1. The van der Waals surface area contributed by atoms with Crippen LogP contribution in [0.25, 0.3) is 5.69 Å². The number of hydrogen-bond donors (Lipinski definition) is 1. The summed E-state index contributed by atoms with van der Waals surface area (Å²) in [7, 11) is 0. The largest absolute Gasteiger partial charge is 0.493 e. The van der Waals surface area contributed by atoms with Crippen molar-refractivity contribution >= 4 is 23.2 Å². The van der Waals surface area contributed by atoms with E-state index in [1.165, 1.54) is 16.7 Å². The second kappa shape index (κ2) is 5.04. The molecule has 98 valence electrons. The smallest absolute Gasteiger partial charge is 0.336 e. The van der Waals surface area contributed by atoms with Crippen LogP contribution < -0.4 is 5.69 Å². The van der Waals surface area contributed by atoms with Gasteiger partial charge in [-0.05, 0) is 25.1 Å². The van der Waals surface area contributed by atoms with Gasteiger partial charge in [-0.3, -0.25) is 4.57 Å². The molecule has 0 saturated heterocycles. The van der Waals surface area contributed by atoms with Crippen molar-refractivity contribution in [2.24, 2.45) is 0 Å². The predicted molar refractivity (Wildman–Crippen MR) is 75.3 cm³/mol. The third-order valence-electron chi connectivity index (χ3n) is 2.72. The third-order valence-corrected chi connectivity index (χ3v) is 3.15. The van der Waals surface area contributed by atoms with Crippen LogP contribution in [-0.4, -0.2) is 14.2 Å². The monoisotopic (exact) mass is 296 g/mol. The molecule has 0 spiro atoms. The average Bonchev–Trinajstić information content (AvgIpc) is 2.52. The Morgan fingerprint density at radius 2 is 1.89 bits per heavy atom. The van der Waals surface area contributed by atoms with Crippen molar-refractivity contribution in [3.63, 3.8) is 0 Å². The Morgan fingerprint density at radius 3 is 2.42 bits per heavy atom. The first-order valence-electron chi connectivity index (χ1n) is 5.36. The molecule has 0 aliphatic heterocycles. The third kappa shape index (κ3) is 2.35. The van der Waals surface area contributed by atoms with Gasteiger partial charge in [0.15, 0.2) is 0 Å². The van der Waals surface area contributed by atoms with Crippen LogP contribution in [0.15, 0.2) is 23.0 Å². The Kier molecular flexibility index (Phi) is 3.61. The van der Waals surface area contributed by atoms with E-state index in [1.54, 1.807) is 13.0 Å². The lowest BCUT2D eigenvalue weighted by atomic mass is 10.3. The van der Waals surface area contributed by atoms with Gasteiger partial charge in [-0.2, -0.15) is 0 Å². The molecule has 2 aromatic rings. The van der Waals surface area contributed by atoms with Crippen molar-refractivity contribution in [2.45, 2.75) is 13.5 Å². The fraction of sp³-hybridized carbons (Fsp3) is 0.154. The molecule has 0 saturated carbocycles. The fourth-order valence-corrected chi connectivity index (χ4v) is 2.33. The maximum absolute atomic E-state index is 12.2. The zero-order chi connectivity index (χ0) is 14.2. The highest BCUT2D eigenvalue weighted by Gasteiger charge is 2.17. The summed E-state index contributed by atoms with van der Waals surface area (Å²) >= 11 is 11.8. The lowest BCUT2D eigenvalue weighted by Crippen LogP contribution is -2.23. The van der Waals surface area contributed by atoms with Gasteiger partial charge in [0.1, 0.15) is 0 Å². The summed E-state index contributed by atoms with van der Waals surface area (Å²) in [6.45, 7) is 1.69. The number of hydrogen-bond acceptors (Lipinski definition) is 2. The molecule has 0 atom stereocenters. The molecular weight excluding hydrogens is 287 g/mol. The summed E-state index contributed by atoms with van der Waals surface area (Å²) in [5.41, 5.74) is 0.337. The fourth-order valence-electron chi connectivity index (χ4n) is 1.82. The average molecular weight is 297 g/mol. The minimum atomic E-state index is -0.439. The summed E-state index contributed by atoms with van der Waals surface area (Å²) in [6, 6.07) is 4.61. The first kappa shape index (κ1) is 13.6. The van der Waals surface area contributed by atoms with E-state index in [2.05, 4.69) is 5.92 Å². The molecule has 2 rings (SSSR count). The summed E-state index contributed by atoms with van der Waals surface area (Å²) < 4.78 is 2.41. The highest BCUT2D eigenvalue weighted by atomic mass is 35.5. The normalized spacial score (nSPS) is 10.4. The van der Waals surface area contributed by atoms with E-state index >= 15 is 0 Å². The van der Waals surface area contributed by atoms with Crippen LogP contribution in [0.1, 0.15) is 5.69 Å². The highest BCUT2D eigenvalue weighted by Crippen LogP contribution is 2.25. The minimum Gasteiger partial charge on any atom is -0.493 e. The number of imidazole rings is 1. The van der Waals surface area contributed by atoms with Crippen LogP contribution >= 0.6 is 23.2 Å². The predicted octanol–water partition coefficient (Wildman–Crippen LogP) is 2.59. The zero-order valence-corrected chi connectivity index (χ0v) is 11.5. The molecule has 0 aliphatic carbocycles. The van der Waals surface area contributed by atoms with Gasteiger partial charge >= 0.3 is 5.69 Å². The SMILES string of the molecule is C#CCn1c(C)c(O)n(-c2cc(Cl)cc(Cl)c2)c1=O. The standard InChI is InChI=1S/C13H10Cl2N2O2/c1-3-4-16-8(2)12(18)17(13(16)19)11-6-9(14)5-10(15)7-11/h1,5-7,18H,4H2,2H3. The Bertz CT molecular complexity index is 718. The van der Waals surface area contributed by atoms with Crippen LogP contribution in [0.2, 0.25) is 10.0 Å². The van der Waals surface area contributed by atoms with Crippen LogP contribution in [0, 0.1) is 19.3 Å². The van der Waals surface area contributed by atoms with Crippen molar-refractivity contribution < 1.29 is 5.11 Å². The second-order valence-corrected chi connectivity index (χ2v) is 4.82. The van der Waals surface area contributed by atoms with E-state index < -0.39 is 5.69 Å². The van der Waals surface area contributed by atoms with E-state index in [4.69, 9.17) is 29.6 Å². The maximum Gasteiger partial charge on any atom is 0.336 e. The van der Waals surface area contributed by atoms with E-state index in [0.29, 0.717) is 21.4 Å². The lowest BCUT2D eigenvalue weighted by Gasteiger charge is -2.04. The molecule has 19 heavy (non-hydrogen) atoms. The van der Waals surface area contributed by atoms with Crippen LogP contribution in [0.4, 0.5) is 0 Å². The molecule has 4 nitrogen and oxygen atoms in total. The second-order valence-electron chi connectivity index (χ2n) is 3.94. The van der Waals surface area contributed by atoms with E-state index in [1.807, 2.05) is 0 Å². The maximum atomic E-state index is 12.2.